The zero-order chi connectivity index (χ0) is 24.2. The molecule has 0 spiro atoms. The molecule has 1 amide bonds. The molecule has 1 aliphatic heterocycles. The van der Waals surface area contributed by atoms with Crippen LogP contribution in [0.1, 0.15) is 32.8 Å². The average molecular weight is 448 g/mol. The summed E-state index contributed by atoms with van der Waals surface area (Å²) >= 11 is 0. The normalized spacial score (nSPS) is 19.5. The summed E-state index contributed by atoms with van der Waals surface area (Å²) in [4.78, 5) is 46.9. The maximum atomic E-state index is 14.1. The molecule has 1 N–H and O–H groups in total. The molecule has 1 aromatic rings. The monoisotopic (exact) mass is 448 g/mol. The highest BCUT2D eigenvalue weighted by Gasteiger charge is 2.53. The summed E-state index contributed by atoms with van der Waals surface area (Å²) in [6.45, 7) is 8.09. The third-order valence-electron chi connectivity index (χ3n) is 5.25. The number of aliphatic carboxylic acids is 1. The summed E-state index contributed by atoms with van der Waals surface area (Å²) in [5.41, 5.74) is 0.920. The fourth-order valence-corrected chi connectivity index (χ4v) is 3.66. The molecular formula is C22H25FN2O7. The van der Waals surface area contributed by atoms with Crippen LogP contribution >= 0.6 is 0 Å². The number of carbonyl (C=O) groups excluding carboxylic acids is 2. The molecule has 1 saturated heterocycles. The van der Waals surface area contributed by atoms with Crippen LogP contribution in [0, 0.1) is 16.0 Å². The van der Waals surface area contributed by atoms with E-state index in [0.29, 0.717) is 17.4 Å². The molecule has 172 valence electrons. The first-order chi connectivity index (χ1) is 15.0. The number of nitro groups is 1. The number of carbonyl (C=O) groups is 3. The zero-order valence-electron chi connectivity index (χ0n) is 18.0. The lowest BCUT2D eigenvalue weighted by molar-refractivity contribution is -0.384. The van der Waals surface area contributed by atoms with Gasteiger partial charge in [-0.25, -0.2) is 9.18 Å². The third-order valence-corrected chi connectivity index (χ3v) is 5.25. The second-order valence-corrected chi connectivity index (χ2v) is 7.79. The number of benzene rings is 1. The van der Waals surface area contributed by atoms with Gasteiger partial charge in [-0.05, 0) is 56.0 Å². The highest BCUT2D eigenvalue weighted by Crippen LogP contribution is 2.39. The van der Waals surface area contributed by atoms with Crippen LogP contribution in [-0.2, 0) is 25.7 Å². The summed E-state index contributed by atoms with van der Waals surface area (Å²) in [6, 6.07) is 4.78. The van der Waals surface area contributed by atoms with Crippen molar-refractivity contribution >= 4 is 23.9 Å². The Morgan fingerprint density at radius 2 is 1.97 bits per heavy atom. The minimum absolute atomic E-state index is 0.0294. The second kappa shape index (κ2) is 10.3. The van der Waals surface area contributed by atoms with E-state index in [1.165, 1.54) is 45.0 Å². The second-order valence-electron chi connectivity index (χ2n) is 7.79. The Morgan fingerprint density at radius 3 is 2.41 bits per heavy atom. The number of hydrogen-bond acceptors (Lipinski definition) is 6. The van der Waals surface area contributed by atoms with E-state index in [4.69, 9.17) is 4.74 Å². The highest BCUT2D eigenvalue weighted by molar-refractivity contribution is 5.98. The molecule has 1 fully saturated rings. The number of rotatable bonds is 11. The van der Waals surface area contributed by atoms with Gasteiger partial charge in [-0.2, -0.15) is 0 Å². The maximum Gasteiger partial charge on any atom is 0.352 e. The summed E-state index contributed by atoms with van der Waals surface area (Å²) in [5.74, 6) is -2.99. The van der Waals surface area contributed by atoms with Gasteiger partial charge < -0.3 is 19.5 Å². The third kappa shape index (κ3) is 5.25. The fraction of sp³-hybridized carbons (Fsp3) is 0.409. The van der Waals surface area contributed by atoms with E-state index in [-0.39, 0.29) is 30.0 Å². The van der Waals surface area contributed by atoms with E-state index >= 15 is 0 Å². The number of nitrogens with zero attached hydrogens (tertiary/aromatic N) is 2. The topological polar surface area (TPSA) is 127 Å². The predicted molar refractivity (Wildman–Crippen MR) is 112 cm³/mol. The SMILES string of the molecule is C=C(CC1C([C@H](C)F)C(=O)N1C(C(=O)O)=C(C)C)C(C=O)OCc1ccc([N+](=O)[O-])cc1. The number of β-lactam (4-membered cyclic amide) rings is 1. The molecule has 0 aromatic heterocycles. The minimum atomic E-state index is -1.51. The molecule has 2 rings (SSSR count). The number of ether oxygens (including phenoxy) is 1. The fourth-order valence-electron chi connectivity index (χ4n) is 3.66. The first kappa shape index (κ1) is 24.9. The molecule has 0 radical (unpaired) electrons. The molecule has 0 bridgehead atoms. The van der Waals surface area contributed by atoms with Crippen molar-refractivity contribution in [2.75, 3.05) is 0 Å². The molecule has 1 heterocycles. The number of non-ortho nitro benzene ring substituents is 1. The number of hydrogen-bond donors (Lipinski definition) is 1. The van der Waals surface area contributed by atoms with Gasteiger partial charge >= 0.3 is 5.97 Å². The number of allylic oxidation sites excluding steroid dienone is 1. The molecule has 0 aliphatic carbocycles. The van der Waals surface area contributed by atoms with Crippen molar-refractivity contribution in [2.45, 2.75) is 52.1 Å². The van der Waals surface area contributed by atoms with Crippen molar-refractivity contribution in [1.29, 1.82) is 0 Å². The summed E-state index contributed by atoms with van der Waals surface area (Å²) in [5, 5.41) is 20.2. The lowest BCUT2D eigenvalue weighted by Crippen LogP contribution is -2.64. The smallest absolute Gasteiger partial charge is 0.352 e. The number of amides is 1. The summed E-state index contributed by atoms with van der Waals surface area (Å²) in [6.07, 6.45) is -2.12. The quantitative estimate of drug-likeness (QED) is 0.138. The van der Waals surface area contributed by atoms with Crippen LogP contribution in [0.2, 0.25) is 0 Å². The van der Waals surface area contributed by atoms with Gasteiger partial charge in [0.1, 0.15) is 18.0 Å². The maximum absolute atomic E-state index is 14.1. The van der Waals surface area contributed by atoms with Gasteiger partial charge in [-0.3, -0.25) is 14.9 Å². The molecule has 9 nitrogen and oxygen atoms in total. The number of alkyl halides is 1. The number of nitro benzene ring substituents is 1. The molecule has 32 heavy (non-hydrogen) atoms. The van der Waals surface area contributed by atoms with Crippen molar-refractivity contribution in [3.8, 4) is 0 Å². The Morgan fingerprint density at radius 1 is 1.38 bits per heavy atom. The van der Waals surface area contributed by atoms with Crippen molar-refractivity contribution in [3.05, 3.63) is 63.4 Å². The van der Waals surface area contributed by atoms with E-state index < -0.39 is 41.0 Å². The van der Waals surface area contributed by atoms with Crippen LogP contribution in [0.15, 0.2) is 47.7 Å². The number of likely N-dealkylation sites (tertiary alicyclic amines) is 1. The van der Waals surface area contributed by atoms with Crippen LogP contribution in [0.5, 0.6) is 0 Å². The van der Waals surface area contributed by atoms with Gasteiger partial charge in [0.25, 0.3) is 5.69 Å². The summed E-state index contributed by atoms with van der Waals surface area (Å²) in [7, 11) is 0. The number of carboxylic acid groups (broad SMARTS) is 1. The van der Waals surface area contributed by atoms with Gasteiger partial charge in [0, 0.05) is 12.1 Å². The van der Waals surface area contributed by atoms with E-state index in [1.54, 1.807) is 0 Å². The Hall–Kier alpha value is -3.40. The van der Waals surface area contributed by atoms with Gasteiger partial charge in [-0.15, -0.1) is 0 Å². The van der Waals surface area contributed by atoms with Crippen LogP contribution in [-0.4, -0.2) is 51.4 Å². The van der Waals surface area contributed by atoms with Crippen LogP contribution in [0.4, 0.5) is 10.1 Å². The predicted octanol–water partition coefficient (Wildman–Crippen LogP) is 3.19. The Labute approximate surface area is 184 Å². The van der Waals surface area contributed by atoms with Crippen molar-refractivity contribution < 1.29 is 33.5 Å². The van der Waals surface area contributed by atoms with Gasteiger partial charge in [-0.1, -0.05) is 6.58 Å². The average Bonchev–Trinajstić information content (AvgIpc) is 2.71. The van der Waals surface area contributed by atoms with E-state index in [9.17, 15) is 34.0 Å². The number of halogens is 1. The minimum Gasteiger partial charge on any atom is -0.477 e. The van der Waals surface area contributed by atoms with E-state index in [2.05, 4.69) is 6.58 Å². The Balaban J connectivity index is 2.14. The molecule has 1 aromatic carbocycles. The Bertz CT molecular complexity index is 952. The highest BCUT2D eigenvalue weighted by atomic mass is 19.1. The largest absolute Gasteiger partial charge is 0.477 e. The lowest BCUT2D eigenvalue weighted by Gasteiger charge is -2.48. The first-order valence-corrected chi connectivity index (χ1v) is 9.85. The van der Waals surface area contributed by atoms with Crippen LogP contribution < -0.4 is 0 Å². The van der Waals surface area contributed by atoms with Gasteiger partial charge in [0.15, 0.2) is 6.29 Å². The van der Waals surface area contributed by atoms with Crippen LogP contribution in [0.25, 0.3) is 0 Å². The molecule has 10 heteroatoms. The Kier molecular flexibility index (Phi) is 7.98. The zero-order valence-corrected chi connectivity index (χ0v) is 18.0. The molecule has 4 atom stereocenters. The lowest BCUT2D eigenvalue weighted by atomic mass is 9.79. The molecular weight excluding hydrogens is 423 g/mol. The van der Waals surface area contributed by atoms with Crippen LogP contribution in [0.3, 0.4) is 0 Å². The summed E-state index contributed by atoms with van der Waals surface area (Å²) < 4.78 is 19.6. The van der Waals surface area contributed by atoms with Crippen molar-refractivity contribution in [3.63, 3.8) is 0 Å². The number of aldehydes is 1. The molecule has 1 aliphatic rings. The van der Waals surface area contributed by atoms with E-state index in [0.717, 1.165) is 4.90 Å². The standard InChI is InChI=1S/C22H25FN2O7/c1-12(2)20(22(28)29)24-17(19(14(4)23)21(24)27)9-13(3)18(10-26)32-11-15-5-7-16(8-6-15)25(30)31/h5-8,10,14,17-19H,3,9,11H2,1-2,4H3,(H,28,29)/t14-,17?,18?,19?/m0/s1. The van der Waals surface area contributed by atoms with Crippen molar-refractivity contribution in [1.82, 2.24) is 4.90 Å². The van der Waals surface area contributed by atoms with Gasteiger partial charge in [0.2, 0.25) is 5.91 Å². The van der Waals surface area contributed by atoms with E-state index in [1.807, 2.05) is 0 Å². The van der Waals surface area contributed by atoms with Gasteiger partial charge in [0.05, 0.1) is 23.5 Å². The number of carboxylic acids is 1. The van der Waals surface area contributed by atoms with Crippen molar-refractivity contribution in [2.24, 2.45) is 5.92 Å². The molecule has 3 unspecified atom stereocenters. The first-order valence-electron chi connectivity index (χ1n) is 9.85. The molecule has 0 saturated carbocycles.